The van der Waals surface area contributed by atoms with E-state index in [1.165, 1.54) is 12.1 Å². The molecule has 13 heavy (non-hydrogen) atoms. The zero-order chi connectivity index (χ0) is 9.84. The number of nitroso groups, excluding NO2 is 1. The van der Waals surface area contributed by atoms with Gasteiger partial charge in [0.1, 0.15) is 11.5 Å². The standard InChI is InChI=1S/C9H10FNO2/c1-6(2)13-9-5-7(10)3-4-8(9)11-12/h3-6H,1-2H3. The fourth-order valence-corrected chi connectivity index (χ4v) is 0.912. The van der Waals surface area contributed by atoms with E-state index >= 15 is 0 Å². The number of ether oxygens (including phenoxy) is 1. The zero-order valence-corrected chi connectivity index (χ0v) is 7.45. The van der Waals surface area contributed by atoms with Crippen molar-refractivity contribution in [3.05, 3.63) is 28.9 Å². The summed E-state index contributed by atoms with van der Waals surface area (Å²) in [6.07, 6.45) is -0.109. The topological polar surface area (TPSA) is 38.7 Å². The van der Waals surface area contributed by atoms with Crippen LogP contribution in [0.25, 0.3) is 0 Å². The van der Waals surface area contributed by atoms with E-state index in [2.05, 4.69) is 5.18 Å². The van der Waals surface area contributed by atoms with Gasteiger partial charge in [0.25, 0.3) is 0 Å². The number of hydrogen-bond acceptors (Lipinski definition) is 3. The summed E-state index contributed by atoms with van der Waals surface area (Å²) in [5.74, 6) is -0.256. The summed E-state index contributed by atoms with van der Waals surface area (Å²) in [6, 6.07) is 3.61. The number of rotatable bonds is 3. The Morgan fingerprint density at radius 3 is 2.69 bits per heavy atom. The fourth-order valence-electron chi connectivity index (χ4n) is 0.912. The third-order valence-electron chi connectivity index (χ3n) is 1.38. The molecule has 0 bridgehead atoms. The van der Waals surface area contributed by atoms with Gasteiger partial charge in [0.2, 0.25) is 0 Å². The molecule has 0 aliphatic heterocycles. The van der Waals surface area contributed by atoms with Gasteiger partial charge in [0.15, 0.2) is 5.75 Å². The molecule has 0 saturated carbocycles. The molecule has 0 heterocycles. The molecule has 1 aromatic rings. The molecule has 70 valence electrons. The van der Waals surface area contributed by atoms with Gasteiger partial charge in [-0.1, -0.05) is 0 Å². The number of halogens is 1. The summed E-state index contributed by atoms with van der Waals surface area (Å²) < 4.78 is 17.9. The minimum Gasteiger partial charge on any atom is -0.489 e. The molecule has 1 rings (SSSR count). The second kappa shape index (κ2) is 3.98. The summed E-state index contributed by atoms with van der Waals surface area (Å²) in [5.41, 5.74) is 0.120. The largest absolute Gasteiger partial charge is 0.489 e. The first-order valence-electron chi connectivity index (χ1n) is 3.93. The summed E-state index contributed by atoms with van der Waals surface area (Å²) in [7, 11) is 0. The Morgan fingerprint density at radius 2 is 2.15 bits per heavy atom. The number of benzene rings is 1. The van der Waals surface area contributed by atoms with Crippen LogP contribution in [-0.2, 0) is 0 Å². The van der Waals surface area contributed by atoms with Gasteiger partial charge in [-0.05, 0) is 31.2 Å². The Bertz CT molecular complexity index is 312. The van der Waals surface area contributed by atoms with Gasteiger partial charge in [-0.15, -0.1) is 4.91 Å². The van der Waals surface area contributed by atoms with Crippen molar-refractivity contribution in [2.75, 3.05) is 0 Å². The Labute approximate surface area is 75.5 Å². The number of hydrogen-bond donors (Lipinski definition) is 0. The van der Waals surface area contributed by atoms with Gasteiger partial charge >= 0.3 is 0 Å². The lowest BCUT2D eigenvalue weighted by Gasteiger charge is -2.10. The maximum Gasteiger partial charge on any atom is 0.151 e. The third-order valence-corrected chi connectivity index (χ3v) is 1.38. The van der Waals surface area contributed by atoms with Gasteiger partial charge in [-0.25, -0.2) is 4.39 Å². The van der Waals surface area contributed by atoms with Gasteiger partial charge in [-0.3, -0.25) is 0 Å². The maximum absolute atomic E-state index is 12.7. The van der Waals surface area contributed by atoms with Crippen LogP contribution in [0.15, 0.2) is 23.4 Å². The molecule has 0 aromatic heterocycles. The second-order valence-electron chi connectivity index (χ2n) is 2.87. The zero-order valence-electron chi connectivity index (χ0n) is 7.45. The lowest BCUT2D eigenvalue weighted by atomic mass is 10.3. The molecule has 0 aliphatic rings. The van der Waals surface area contributed by atoms with Crippen molar-refractivity contribution in [2.45, 2.75) is 20.0 Å². The van der Waals surface area contributed by atoms with E-state index in [9.17, 15) is 9.30 Å². The molecule has 4 heteroatoms. The number of nitrogens with zero attached hydrogens (tertiary/aromatic N) is 1. The first-order valence-corrected chi connectivity index (χ1v) is 3.93. The molecule has 0 unspecified atom stereocenters. The van der Waals surface area contributed by atoms with E-state index in [4.69, 9.17) is 4.74 Å². The Morgan fingerprint density at radius 1 is 1.46 bits per heavy atom. The van der Waals surface area contributed by atoms with Crippen molar-refractivity contribution in [3.63, 3.8) is 0 Å². The van der Waals surface area contributed by atoms with Gasteiger partial charge in [-0.2, -0.15) is 0 Å². The van der Waals surface area contributed by atoms with Crippen LogP contribution in [0, 0.1) is 10.7 Å². The Hall–Kier alpha value is -1.45. The van der Waals surface area contributed by atoms with Gasteiger partial charge in [0, 0.05) is 6.07 Å². The minimum atomic E-state index is -0.442. The Balaban J connectivity index is 3.01. The highest BCUT2D eigenvalue weighted by molar-refractivity contribution is 5.51. The van der Waals surface area contributed by atoms with Crippen LogP contribution in [0.1, 0.15) is 13.8 Å². The summed E-state index contributed by atoms with van der Waals surface area (Å²) in [6.45, 7) is 3.58. The summed E-state index contributed by atoms with van der Waals surface area (Å²) in [5, 5.41) is 2.72. The smallest absolute Gasteiger partial charge is 0.151 e. The van der Waals surface area contributed by atoms with E-state index < -0.39 is 5.82 Å². The van der Waals surface area contributed by atoms with E-state index in [1.54, 1.807) is 13.8 Å². The van der Waals surface area contributed by atoms with E-state index in [-0.39, 0.29) is 17.5 Å². The predicted molar refractivity (Wildman–Crippen MR) is 47.6 cm³/mol. The first kappa shape index (κ1) is 9.64. The van der Waals surface area contributed by atoms with Crippen molar-refractivity contribution < 1.29 is 9.13 Å². The average Bonchev–Trinajstić information content (AvgIpc) is 2.03. The highest BCUT2D eigenvalue weighted by atomic mass is 19.1. The van der Waals surface area contributed by atoms with Gasteiger partial charge in [0.05, 0.1) is 6.10 Å². The molecular weight excluding hydrogens is 173 g/mol. The lowest BCUT2D eigenvalue weighted by Crippen LogP contribution is -2.05. The molecule has 0 spiro atoms. The quantitative estimate of drug-likeness (QED) is 0.675. The van der Waals surface area contributed by atoms with Crippen LogP contribution in [0.5, 0.6) is 5.75 Å². The van der Waals surface area contributed by atoms with Crippen LogP contribution in [0.2, 0.25) is 0 Å². The maximum atomic E-state index is 12.7. The van der Waals surface area contributed by atoms with E-state index in [0.717, 1.165) is 6.07 Å². The second-order valence-corrected chi connectivity index (χ2v) is 2.87. The molecule has 0 saturated heterocycles. The summed E-state index contributed by atoms with van der Waals surface area (Å²) >= 11 is 0. The van der Waals surface area contributed by atoms with Crippen molar-refractivity contribution in [2.24, 2.45) is 5.18 Å². The molecule has 0 amide bonds. The average molecular weight is 183 g/mol. The van der Waals surface area contributed by atoms with Gasteiger partial charge < -0.3 is 4.74 Å². The van der Waals surface area contributed by atoms with Crippen LogP contribution in [-0.4, -0.2) is 6.10 Å². The highest BCUT2D eigenvalue weighted by Crippen LogP contribution is 2.28. The highest BCUT2D eigenvalue weighted by Gasteiger charge is 2.07. The SMILES string of the molecule is CC(C)Oc1cc(F)ccc1N=O. The summed E-state index contributed by atoms with van der Waals surface area (Å²) in [4.78, 5) is 10.3. The molecule has 0 fully saturated rings. The van der Waals surface area contributed by atoms with E-state index in [0.29, 0.717) is 0 Å². The molecule has 0 N–H and O–H groups in total. The van der Waals surface area contributed by atoms with Crippen molar-refractivity contribution >= 4 is 5.69 Å². The predicted octanol–water partition coefficient (Wildman–Crippen LogP) is 3.01. The third kappa shape index (κ3) is 2.50. The molecule has 0 radical (unpaired) electrons. The normalized spacial score (nSPS) is 10.2. The molecule has 1 aromatic carbocycles. The first-order chi connectivity index (χ1) is 6.13. The van der Waals surface area contributed by atoms with Crippen LogP contribution in [0.4, 0.5) is 10.1 Å². The van der Waals surface area contributed by atoms with Crippen molar-refractivity contribution in [1.29, 1.82) is 0 Å². The molecule has 0 aliphatic carbocycles. The molecular formula is C9H10FNO2. The lowest BCUT2D eigenvalue weighted by molar-refractivity contribution is 0.242. The van der Waals surface area contributed by atoms with Crippen LogP contribution >= 0.6 is 0 Å². The van der Waals surface area contributed by atoms with Crippen LogP contribution < -0.4 is 4.74 Å². The fraction of sp³-hybridized carbons (Fsp3) is 0.333. The Kier molecular flexibility index (Phi) is 2.95. The van der Waals surface area contributed by atoms with E-state index in [1.807, 2.05) is 0 Å². The molecule has 3 nitrogen and oxygen atoms in total. The monoisotopic (exact) mass is 183 g/mol. The minimum absolute atomic E-state index is 0.109. The van der Waals surface area contributed by atoms with Crippen molar-refractivity contribution in [1.82, 2.24) is 0 Å². The van der Waals surface area contributed by atoms with Crippen molar-refractivity contribution in [3.8, 4) is 5.75 Å². The van der Waals surface area contributed by atoms with Crippen LogP contribution in [0.3, 0.4) is 0 Å². The molecule has 0 atom stereocenters.